The highest BCUT2D eigenvalue weighted by atomic mass is 31.3. The van der Waals surface area contributed by atoms with Crippen LogP contribution in [0.25, 0.3) is 0 Å². The summed E-state index contributed by atoms with van der Waals surface area (Å²) in [6.45, 7) is 7.88. The molecule has 0 aromatic heterocycles. The molecule has 0 aliphatic carbocycles. The summed E-state index contributed by atoms with van der Waals surface area (Å²) in [7, 11) is -8.02. The lowest BCUT2D eigenvalue weighted by Crippen LogP contribution is -2.26. The van der Waals surface area contributed by atoms with Gasteiger partial charge in [-0.2, -0.15) is 4.31 Å². The largest absolute Gasteiger partial charge is 0.483 e. The van der Waals surface area contributed by atoms with Crippen molar-refractivity contribution < 1.29 is 79.3 Å². The lowest BCUT2D eigenvalue weighted by Gasteiger charge is -2.27. The number of ether oxygens (including phenoxy) is 4. The molecule has 19 heteroatoms. The third kappa shape index (κ3) is 19.2. The number of aldehydes is 2. The second-order valence-corrected chi connectivity index (χ2v) is 12.6. The van der Waals surface area contributed by atoms with E-state index in [2.05, 4.69) is 13.2 Å². The van der Waals surface area contributed by atoms with Crippen molar-refractivity contribution >= 4 is 52.1 Å². The predicted octanol–water partition coefficient (Wildman–Crippen LogP) is 3.35. The van der Waals surface area contributed by atoms with Crippen molar-refractivity contribution in [1.82, 2.24) is 0 Å². The van der Waals surface area contributed by atoms with E-state index in [1.165, 1.54) is 13.8 Å². The zero-order chi connectivity index (χ0) is 34.5. The van der Waals surface area contributed by atoms with Gasteiger partial charge in [-0.3, -0.25) is 27.7 Å². The lowest BCUT2D eigenvalue weighted by molar-refractivity contribution is -0.148. The predicted molar refractivity (Wildman–Crippen MR) is 153 cm³/mol. The van der Waals surface area contributed by atoms with Crippen molar-refractivity contribution in [2.45, 2.75) is 64.6 Å². The summed E-state index contributed by atoms with van der Waals surface area (Å²) in [6.07, 6.45) is -2.88. The van der Waals surface area contributed by atoms with Crippen molar-refractivity contribution in [3.05, 3.63) is 24.3 Å². The summed E-state index contributed by atoms with van der Waals surface area (Å²) < 4.78 is 72.3. The Kier molecular flexibility index (Phi) is 20.9. The summed E-state index contributed by atoms with van der Waals surface area (Å²) in [6, 6.07) is 0. The number of esters is 4. The molecule has 4 atom stereocenters. The average Bonchev–Trinajstić information content (AvgIpc) is 2.99. The molecule has 0 saturated heterocycles. The Labute approximate surface area is 261 Å². The smallest absolute Gasteiger partial charge is 0.463 e. The highest BCUT2D eigenvalue weighted by Crippen LogP contribution is 2.66. The SMILES string of the molecule is C=C(C)C(=O)OCCC(COC(=O)CCC=O)OP(=O)(OC)OP(=O)(OC)OC(CCOC(=O)C(=C)C)COC(=O)CCC=O. The number of phosphoric ester groups is 2. The molecule has 4 unspecified atom stereocenters. The van der Waals surface area contributed by atoms with Crippen LogP contribution in [-0.4, -0.2) is 89.3 Å². The Hall–Kier alpha value is -3.04. The van der Waals surface area contributed by atoms with Gasteiger partial charge in [-0.15, -0.1) is 0 Å². The molecular formula is C26H40O17P2. The lowest BCUT2D eigenvalue weighted by atomic mass is 10.3. The number of phosphoric acid groups is 2. The van der Waals surface area contributed by atoms with Crippen LogP contribution in [-0.2, 0) is 79.3 Å². The molecule has 17 nitrogen and oxygen atoms in total. The molecule has 0 fully saturated rings. The Balaban J connectivity index is 5.83. The number of carbonyl (C=O) groups excluding carboxylic acids is 6. The Morgan fingerprint density at radius 2 is 1.02 bits per heavy atom. The maximum absolute atomic E-state index is 13.4. The number of carbonyl (C=O) groups is 6. The van der Waals surface area contributed by atoms with Crippen LogP contribution >= 0.6 is 15.6 Å². The molecule has 0 rings (SSSR count). The van der Waals surface area contributed by atoms with E-state index in [0.717, 1.165) is 14.2 Å². The van der Waals surface area contributed by atoms with Crippen LogP contribution in [0.4, 0.5) is 0 Å². The molecule has 0 spiro atoms. The van der Waals surface area contributed by atoms with Gasteiger partial charge in [0, 0.05) is 51.0 Å². The van der Waals surface area contributed by atoms with Gasteiger partial charge in [0.25, 0.3) is 0 Å². The van der Waals surface area contributed by atoms with E-state index >= 15 is 0 Å². The highest BCUT2D eigenvalue weighted by Gasteiger charge is 2.43. The first kappa shape index (κ1) is 42.0. The van der Waals surface area contributed by atoms with Crippen molar-refractivity contribution in [3.8, 4) is 0 Å². The fraction of sp³-hybridized carbons (Fsp3) is 0.615. The molecule has 256 valence electrons. The van der Waals surface area contributed by atoms with Crippen LogP contribution in [0.2, 0.25) is 0 Å². The van der Waals surface area contributed by atoms with Gasteiger partial charge in [0.15, 0.2) is 0 Å². The van der Waals surface area contributed by atoms with Crippen LogP contribution in [0, 0.1) is 0 Å². The molecule has 0 bridgehead atoms. The molecule has 45 heavy (non-hydrogen) atoms. The number of hydrogen-bond acceptors (Lipinski definition) is 17. The summed E-state index contributed by atoms with van der Waals surface area (Å²) in [4.78, 5) is 68.3. The molecule has 0 radical (unpaired) electrons. The fourth-order valence-corrected chi connectivity index (χ4v) is 5.75. The first-order valence-corrected chi connectivity index (χ1v) is 16.3. The Bertz CT molecular complexity index is 1050. The molecule has 0 heterocycles. The van der Waals surface area contributed by atoms with Crippen molar-refractivity contribution in [2.24, 2.45) is 0 Å². The van der Waals surface area contributed by atoms with E-state index < -0.39 is 64.9 Å². The molecule has 0 aliphatic heterocycles. The molecular weight excluding hydrogens is 646 g/mol. The third-order valence-electron chi connectivity index (χ3n) is 5.04. The molecule has 0 N–H and O–H groups in total. The quantitative estimate of drug-likeness (QED) is 0.0418. The summed E-state index contributed by atoms with van der Waals surface area (Å²) in [5.74, 6) is -3.09. The normalized spacial score (nSPS) is 14.8. The van der Waals surface area contributed by atoms with Gasteiger partial charge in [-0.25, -0.2) is 18.7 Å². The molecule has 0 aliphatic rings. The van der Waals surface area contributed by atoms with E-state index in [9.17, 15) is 37.9 Å². The van der Waals surface area contributed by atoms with Crippen molar-refractivity contribution in [1.29, 1.82) is 0 Å². The van der Waals surface area contributed by atoms with E-state index in [4.69, 9.17) is 41.4 Å². The van der Waals surface area contributed by atoms with Crippen molar-refractivity contribution in [3.63, 3.8) is 0 Å². The zero-order valence-corrected chi connectivity index (χ0v) is 27.4. The second-order valence-electron chi connectivity index (χ2n) is 8.98. The van der Waals surface area contributed by atoms with E-state index in [-0.39, 0.29) is 62.9 Å². The summed E-state index contributed by atoms with van der Waals surface area (Å²) in [5, 5.41) is 0. The number of rotatable bonds is 26. The summed E-state index contributed by atoms with van der Waals surface area (Å²) >= 11 is 0. The first-order chi connectivity index (χ1) is 21.1. The first-order valence-electron chi connectivity index (χ1n) is 13.4. The summed E-state index contributed by atoms with van der Waals surface area (Å²) in [5.41, 5.74) is 0.186. The van der Waals surface area contributed by atoms with Gasteiger partial charge in [-0.05, 0) is 13.8 Å². The van der Waals surface area contributed by atoms with E-state index in [1.54, 1.807) is 0 Å². The topological polar surface area (TPSA) is 220 Å². The van der Waals surface area contributed by atoms with Gasteiger partial charge in [0.1, 0.15) is 38.0 Å². The van der Waals surface area contributed by atoms with Crippen LogP contribution in [0.15, 0.2) is 24.3 Å². The van der Waals surface area contributed by atoms with Crippen LogP contribution in [0.5, 0.6) is 0 Å². The van der Waals surface area contributed by atoms with Crippen LogP contribution in [0.1, 0.15) is 52.4 Å². The van der Waals surface area contributed by atoms with Crippen molar-refractivity contribution in [2.75, 3.05) is 40.6 Å². The second kappa shape index (κ2) is 22.5. The minimum atomic E-state index is -4.88. The minimum absolute atomic E-state index is 0.0928. The van der Waals surface area contributed by atoms with Crippen LogP contribution < -0.4 is 0 Å². The van der Waals surface area contributed by atoms with Crippen LogP contribution in [0.3, 0.4) is 0 Å². The fourth-order valence-electron chi connectivity index (χ4n) is 2.69. The maximum atomic E-state index is 13.4. The number of hydrogen-bond donors (Lipinski definition) is 0. The average molecular weight is 687 g/mol. The molecule has 0 amide bonds. The van der Waals surface area contributed by atoms with Gasteiger partial charge in [0.05, 0.1) is 26.1 Å². The third-order valence-corrected chi connectivity index (χ3v) is 8.65. The van der Waals surface area contributed by atoms with Gasteiger partial charge in [-0.1, -0.05) is 13.2 Å². The standard InChI is InChI=1S/C26H40O17P2/c1-19(2)25(31)37-15-11-21(17-39-23(29)9-7-13-27)41-44(33,35-5)43-45(34,36-6)42-22(12-16-38-26(32)20(3)4)18-40-24(30)10-8-14-28/h13-14,21-22H,1,3,7-12,15-18H2,2,4-6H3. The van der Waals surface area contributed by atoms with E-state index in [0.29, 0.717) is 12.6 Å². The highest BCUT2D eigenvalue weighted by molar-refractivity contribution is 7.62. The monoisotopic (exact) mass is 686 g/mol. The van der Waals surface area contributed by atoms with E-state index in [1.807, 2.05) is 0 Å². The minimum Gasteiger partial charge on any atom is -0.463 e. The Morgan fingerprint density at radius 3 is 1.31 bits per heavy atom. The van der Waals surface area contributed by atoms with Gasteiger partial charge >= 0.3 is 39.5 Å². The molecule has 0 aromatic rings. The molecule has 0 aromatic carbocycles. The zero-order valence-electron chi connectivity index (χ0n) is 25.6. The maximum Gasteiger partial charge on any atom is 0.483 e. The molecule has 0 saturated carbocycles. The Morgan fingerprint density at radius 1 is 0.667 bits per heavy atom. The van der Waals surface area contributed by atoms with Gasteiger partial charge < -0.3 is 28.5 Å². The van der Waals surface area contributed by atoms with Gasteiger partial charge in [0.2, 0.25) is 0 Å².